The summed E-state index contributed by atoms with van der Waals surface area (Å²) in [5.74, 6) is 0.636. The molecule has 3 aromatic rings. The largest absolute Gasteiger partial charge is 0.496 e. The van der Waals surface area contributed by atoms with Crippen molar-refractivity contribution in [3.8, 4) is 16.9 Å². The lowest BCUT2D eigenvalue weighted by atomic mass is 9.97. The van der Waals surface area contributed by atoms with Gasteiger partial charge in [0, 0.05) is 42.7 Å². The minimum Gasteiger partial charge on any atom is -0.496 e. The Labute approximate surface area is 219 Å². The number of carbonyl (C=O) groups excluding carboxylic acids is 1. The van der Waals surface area contributed by atoms with Crippen molar-refractivity contribution in [3.05, 3.63) is 71.9 Å². The third-order valence-electron chi connectivity index (χ3n) is 6.71. The second kappa shape index (κ2) is 10.7. The van der Waals surface area contributed by atoms with Gasteiger partial charge in [0.1, 0.15) is 11.6 Å². The van der Waals surface area contributed by atoms with Crippen molar-refractivity contribution in [3.63, 3.8) is 0 Å². The number of para-hydroxylation sites is 1. The molecule has 0 bridgehead atoms. The normalized spacial score (nSPS) is 16.0. The number of halogens is 3. The SMILES string of the molecule is C=C(/C=N\c1cc(-c2ccccc2OC)c[nH]1)c1cc(C(=O)N2CCC(N(C)C)C2)c(N)c(C(F)(F)F)c1. The summed E-state index contributed by atoms with van der Waals surface area (Å²) < 4.78 is 47.0. The highest BCUT2D eigenvalue weighted by atomic mass is 19.4. The standard InChI is InChI=1S/C28H30F3N5O2/c1-17(14-33-25-13-19(15-34-25)21-7-5-6-8-24(21)38-4)18-11-22(26(32)23(12-18)28(29,30)31)27(37)36-10-9-20(16-36)35(2)3/h5-8,11-15,20,34H,1,9-10,16,32H2,2-4H3/b33-14-. The highest BCUT2D eigenvalue weighted by Crippen LogP contribution is 2.38. The minimum absolute atomic E-state index is 0.110. The Morgan fingerprint density at radius 3 is 2.66 bits per heavy atom. The Morgan fingerprint density at radius 1 is 1.26 bits per heavy atom. The zero-order valence-corrected chi connectivity index (χ0v) is 21.5. The number of aliphatic imine (C=N–C) groups is 1. The molecule has 4 rings (SSSR count). The first kappa shape index (κ1) is 27.0. The van der Waals surface area contributed by atoms with Crippen LogP contribution in [0.15, 0.2) is 60.2 Å². The number of nitrogen functional groups attached to an aromatic ring is 1. The van der Waals surface area contributed by atoms with E-state index in [0.29, 0.717) is 24.7 Å². The summed E-state index contributed by atoms with van der Waals surface area (Å²) >= 11 is 0. The van der Waals surface area contributed by atoms with Gasteiger partial charge in [0.05, 0.1) is 23.9 Å². The van der Waals surface area contributed by atoms with Gasteiger partial charge >= 0.3 is 6.18 Å². The summed E-state index contributed by atoms with van der Waals surface area (Å²) in [6.07, 6.45) is -0.897. The zero-order chi connectivity index (χ0) is 27.6. The van der Waals surface area contributed by atoms with E-state index >= 15 is 0 Å². The predicted octanol–water partition coefficient (Wildman–Crippen LogP) is 5.48. The molecule has 1 aliphatic heterocycles. The van der Waals surface area contributed by atoms with Gasteiger partial charge < -0.3 is 25.3 Å². The third kappa shape index (κ3) is 5.60. The van der Waals surface area contributed by atoms with E-state index in [1.807, 2.05) is 43.3 Å². The fraction of sp³-hybridized carbons (Fsp3) is 0.286. The molecule has 0 spiro atoms. The van der Waals surface area contributed by atoms with Crippen LogP contribution in [0.25, 0.3) is 16.7 Å². The number of hydrogen-bond acceptors (Lipinski definition) is 5. The average molecular weight is 526 g/mol. The Hall–Kier alpha value is -4.05. The van der Waals surface area contributed by atoms with E-state index in [4.69, 9.17) is 10.5 Å². The lowest BCUT2D eigenvalue weighted by molar-refractivity contribution is -0.136. The molecular formula is C28H30F3N5O2. The van der Waals surface area contributed by atoms with Gasteiger partial charge in [-0.15, -0.1) is 0 Å². The first-order valence-corrected chi connectivity index (χ1v) is 12.0. The van der Waals surface area contributed by atoms with E-state index in [1.165, 1.54) is 17.2 Å². The van der Waals surface area contributed by atoms with Crippen LogP contribution in [0.2, 0.25) is 0 Å². The van der Waals surface area contributed by atoms with Gasteiger partial charge in [0.15, 0.2) is 0 Å². The smallest absolute Gasteiger partial charge is 0.418 e. The van der Waals surface area contributed by atoms with Gasteiger partial charge in [-0.25, -0.2) is 4.99 Å². The van der Waals surface area contributed by atoms with Gasteiger partial charge in [-0.05, 0) is 55.9 Å². The van der Waals surface area contributed by atoms with Crippen LogP contribution in [0.5, 0.6) is 5.75 Å². The van der Waals surface area contributed by atoms with E-state index in [1.54, 1.807) is 19.4 Å². The van der Waals surface area contributed by atoms with Crippen LogP contribution in [-0.2, 0) is 6.18 Å². The lowest BCUT2D eigenvalue weighted by Crippen LogP contribution is -2.35. The Bertz CT molecular complexity index is 1380. The first-order valence-electron chi connectivity index (χ1n) is 12.0. The molecular weight excluding hydrogens is 495 g/mol. The maximum atomic E-state index is 13.9. The lowest BCUT2D eigenvalue weighted by Gasteiger charge is -2.22. The monoisotopic (exact) mass is 525 g/mol. The van der Waals surface area contributed by atoms with E-state index < -0.39 is 23.3 Å². The van der Waals surface area contributed by atoms with Crippen LogP contribution < -0.4 is 10.5 Å². The number of amides is 1. The number of alkyl halides is 3. The highest BCUT2D eigenvalue weighted by molar-refractivity contribution is 6.11. The molecule has 7 nitrogen and oxygen atoms in total. The maximum absolute atomic E-state index is 13.9. The van der Waals surface area contributed by atoms with Gasteiger partial charge in [0.25, 0.3) is 5.91 Å². The number of benzene rings is 2. The third-order valence-corrected chi connectivity index (χ3v) is 6.71. The second-order valence-corrected chi connectivity index (χ2v) is 9.40. The van der Waals surface area contributed by atoms with E-state index in [2.05, 4.69) is 16.6 Å². The van der Waals surface area contributed by atoms with Crippen molar-refractivity contribution in [2.75, 3.05) is 40.0 Å². The molecule has 1 saturated heterocycles. The molecule has 38 heavy (non-hydrogen) atoms. The Balaban J connectivity index is 1.62. The number of allylic oxidation sites excluding steroid dienone is 1. The molecule has 1 fully saturated rings. The summed E-state index contributed by atoms with van der Waals surface area (Å²) in [5.41, 5.74) is 6.04. The number of aromatic amines is 1. The van der Waals surface area contributed by atoms with Crippen LogP contribution in [0, 0.1) is 0 Å². The van der Waals surface area contributed by atoms with Crippen molar-refractivity contribution in [1.29, 1.82) is 0 Å². The molecule has 0 aliphatic carbocycles. The summed E-state index contributed by atoms with van der Waals surface area (Å²) in [5, 5.41) is 0. The van der Waals surface area contributed by atoms with Crippen LogP contribution in [0.1, 0.15) is 27.9 Å². The van der Waals surface area contributed by atoms with Crippen molar-refractivity contribution < 1.29 is 22.7 Å². The summed E-state index contributed by atoms with van der Waals surface area (Å²) in [4.78, 5) is 24.1. The van der Waals surface area contributed by atoms with E-state index in [-0.39, 0.29) is 22.7 Å². The number of nitrogens with zero attached hydrogens (tertiary/aromatic N) is 3. The molecule has 0 radical (unpaired) electrons. The topological polar surface area (TPSA) is 87.0 Å². The van der Waals surface area contributed by atoms with Gasteiger partial charge in [-0.1, -0.05) is 24.8 Å². The molecule has 0 saturated carbocycles. The summed E-state index contributed by atoms with van der Waals surface area (Å²) in [6.45, 7) is 4.75. The van der Waals surface area contributed by atoms with E-state index in [9.17, 15) is 18.0 Å². The van der Waals surface area contributed by atoms with Crippen LogP contribution in [0.3, 0.4) is 0 Å². The fourth-order valence-electron chi connectivity index (χ4n) is 4.49. The average Bonchev–Trinajstić information content (AvgIpc) is 3.57. The van der Waals surface area contributed by atoms with Crippen molar-refractivity contribution >= 4 is 29.2 Å². The number of nitrogens with one attached hydrogen (secondary N) is 1. The predicted molar refractivity (Wildman–Crippen MR) is 144 cm³/mol. The quantitative estimate of drug-likeness (QED) is 0.316. The van der Waals surface area contributed by atoms with Gasteiger partial charge in [-0.2, -0.15) is 13.2 Å². The molecule has 1 amide bonds. The maximum Gasteiger partial charge on any atom is 0.418 e. The number of carbonyl (C=O) groups is 1. The molecule has 1 atom stereocenters. The number of H-pyrrole nitrogens is 1. The Kier molecular flexibility index (Phi) is 7.63. The number of rotatable bonds is 7. The van der Waals surface area contributed by atoms with E-state index in [0.717, 1.165) is 23.6 Å². The highest BCUT2D eigenvalue weighted by Gasteiger charge is 2.37. The number of ether oxygens (including phenoxy) is 1. The number of likely N-dealkylation sites (N-methyl/N-ethyl adjacent to an activating group) is 1. The first-order chi connectivity index (χ1) is 18.0. The number of hydrogen-bond donors (Lipinski definition) is 2. The van der Waals surface area contributed by atoms with Crippen LogP contribution in [-0.4, -0.2) is 67.2 Å². The minimum atomic E-state index is -4.74. The van der Waals surface area contributed by atoms with Crippen LogP contribution >= 0.6 is 0 Å². The summed E-state index contributed by atoms with van der Waals surface area (Å²) in [6, 6.07) is 11.7. The molecule has 3 N–H and O–H groups in total. The number of anilines is 1. The number of nitrogens with two attached hydrogens (primary N) is 1. The molecule has 1 aliphatic rings. The summed E-state index contributed by atoms with van der Waals surface area (Å²) in [7, 11) is 5.39. The molecule has 10 heteroatoms. The molecule has 1 aromatic heterocycles. The van der Waals surface area contributed by atoms with Gasteiger partial charge in [0.2, 0.25) is 0 Å². The number of likely N-dealkylation sites (tertiary alicyclic amines) is 1. The molecule has 200 valence electrons. The molecule has 2 heterocycles. The number of methoxy groups -OCH3 is 1. The zero-order valence-electron chi connectivity index (χ0n) is 21.5. The van der Waals surface area contributed by atoms with Crippen molar-refractivity contribution in [1.82, 2.24) is 14.8 Å². The molecule has 2 aromatic carbocycles. The Morgan fingerprint density at radius 2 is 2.00 bits per heavy atom. The number of aromatic nitrogens is 1. The van der Waals surface area contributed by atoms with Crippen molar-refractivity contribution in [2.24, 2.45) is 4.99 Å². The molecule has 1 unspecified atom stereocenters. The van der Waals surface area contributed by atoms with Crippen LogP contribution in [0.4, 0.5) is 24.7 Å². The van der Waals surface area contributed by atoms with Crippen molar-refractivity contribution in [2.45, 2.75) is 18.6 Å². The second-order valence-electron chi connectivity index (χ2n) is 9.40. The van der Waals surface area contributed by atoms with Gasteiger partial charge in [-0.3, -0.25) is 4.79 Å². The fourth-order valence-corrected chi connectivity index (χ4v) is 4.49.